The number of nitrogens with one attached hydrogen (secondary N) is 1. The van der Waals surface area contributed by atoms with Gasteiger partial charge in [0.15, 0.2) is 5.78 Å². The van der Waals surface area contributed by atoms with Gasteiger partial charge < -0.3 is 9.41 Å². The molecule has 0 fully saturated rings. The number of allylic oxidation sites excluding steroid dienone is 1. The number of H-pyrrole nitrogens is 1. The second-order valence-electron chi connectivity index (χ2n) is 9.67. The van der Waals surface area contributed by atoms with E-state index in [9.17, 15) is 4.79 Å². The summed E-state index contributed by atoms with van der Waals surface area (Å²) >= 11 is 0. The molecule has 4 rings (SSSR count). The summed E-state index contributed by atoms with van der Waals surface area (Å²) in [6, 6.07) is 16.5. The number of hydrogen-bond donors (Lipinski definition) is 1. The maximum absolute atomic E-state index is 12.7. The zero-order chi connectivity index (χ0) is 22.3. The van der Waals surface area contributed by atoms with Crippen LogP contribution in [0.25, 0.3) is 22.6 Å². The largest absolute Gasteiger partial charge is 0.543 e. The molecule has 0 atom stereocenters. The van der Waals surface area contributed by atoms with Crippen LogP contribution in [0.2, 0.25) is 16.6 Å². The van der Waals surface area contributed by atoms with Crippen LogP contribution in [0.1, 0.15) is 58.4 Å². The predicted molar refractivity (Wildman–Crippen MR) is 133 cm³/mol. The lowest BCUT2D eigenvalue weighted by atomic mass is 10.1. The topological polar surface area (TPSA) is 42.1 Å². The fraction of sp³-hybridized carbons (Fsp3) is 0.370. The fourth-order valence-electron chi connectivity index (χ4n) is 5.52. The van der Waals surface area contributed by atoms with Crippen LogP contribution < -0.4 is 4.43 Å². The molecule has 162 valence electrons. The van der Waals surface area contributed by atoms with Gasteiger partial charge in [0.2, 0.25) is 0 Å². The van der Waals surface area contributed by atoms with Crippen LogP contribution in [0.3, 0.4) is 0 Å². The maximum atomic E-state index is 12.7. The molecular weight excluding hydrogens is 398 g/mol. The molecule has 2 aromatic carbocycles. The average Bonchev–Trinajstić information content (AvgIpc) is 3.22. The normalized spacial score (nSPS) is 15.6. The number of para-hydroxylation sites is 1. The van der Waals surface area contributed by atoms with Gasteiger partial charge in [0.25, 0.3) is 8.32 Å². The first-order chi connectivity index (χ1) is 14.7. The molecule has 1 heterocycles. The van der Waals surface area contributed by atoms with Crippen LogP contribution in [0.4, 0.5) is 0 Å². The molecule has 0 amide bonds. The van der Waals surface area contributed by atoms with Crippen molar-refractivity contribution in [2.75, 3.05) is 0 Å². The van der Waals surface area contributed by atoms with E-state index in [0.717, 1.165) is 39.0 Å². The van der Waals surface area contributed by atoms with Gasteiger partial charge in [0, 0.05) is 22.9 Å². The average molecular weight is 432 g/mol. The Hall–Kier alpha value is -2.59. The Morgan fingerprint density at radius 1 is 0.903 bits per heavy atom. The lowest BCUT2D eigenvalue weighted by Crippen LogP contribution is -2.50. The van der Waals surface area contributed by atoms with Gasteiger partial charge in [0.05, 0.1) is 5.69 Å². The zero-order valence-electron chi connectivity index (χ0n) is 19.5. The quantitative estimate of drug-likeness (QED) is 0.326. The Bertz CT molecular complexity index is 1110. The molecule has 3 aromatic rings. The molecule has 31 heavy (non-hydrogen) atoms. The third kappa shape index (κ3) is 3.67. The van der Waals surface area contributed by atoms with Crippen molar-refractivity contribution < 1.29 is 9.22 Å². The molecule has 0 bridgehead atoms. The van der Waals surface area contributed by atoms with E-state index in [0.29, 0.717) is 23.0 Å². The summed E-state index contributed by atoms with van der Waals surface area (Å²) in [5.74, 6) is 1.12. The van der Waals surface area contributed by atoms with E-state index in [-0.39, 0.29) is 5.78 Å². The lowest BCUT2D eigenvalue weighted by Gasteiger charge is -2.42. The number of benzene rings is 2. The van der Waals surface area contributed by atoms with Gasteiger partial charge in [-0.2, -0.15) is 0 Å². The van der Waals surface area contributed by atoms with Crippen molar-refractivity contribution in [1.82, 2.24) is 4.98 Å². The smallest absolute Gasteiger partial charge is 0.258 e. The van der Waals surface area contributed by atoms with Gasteiger partial charge >= 0.3 is 0 Å². The van der Waals surface area contributed by atoms with E-state index in [1.807, 2.05) is 18.2 Å². The third-order valence-corrected chi connectivity index (χ3v) is 12.9. The Labute approximate surface area is 186 Å². The van der Waals surface area contributed by atoms with Crippen LogP contribution in [-0.4, -0.2) is 19.1 Å². The molecule has 0 aliphatic heterocycles. The monoisotopic (exact) mass is 431 g/mol. The first-order valence-electron chi connectivity index (χ1n) is 11.4. The number of fused-ring (bicyclic) bond motifs is 3. The minimum Gasteiger partial charge on any atom is -0.543 e. The van der Waals surface area contributed by atoms with Crippen molar-refractivity contribution in [3.63, 3.8) is 0 Å². The summed E-state index contributed by atoms with van der Waals surface area (Å²) in [4.78, 5) is 16.2. The zero-order valence-corrected chi connectivity index (χ0v) is 20.5. The van der Waals surface area contributed by atoms with Gasteiger partial charge in [-0.25, -0.2) is 0 Å². The molecule has 1 aromatic heterocycles. The second-order valence-corrected chi connectivity index (χ2v) is 15.0. The van der Waals surface area contributed by atoms with Crippen LogP contribution in [0.5, 0.6) is 5.75 Å². The summed E-state index contributed by atoms with van der Waals surface area (Å²) in [5, 5.41) is 1.15. The van der Waals surface area contributed by atoms with Gasteiger partial charge in [-0.1, -0.05) is 71.9 Å². The van der Waals surface area contributed by atoms with Crippen molar-refractivity contribution >= 4 is 36.7 Å². The van der Waals surface area contributed by atoms with Crippen LogP contribution in [0.15, 0.2) is 48.5 Å². The van der Waals surface area contributed by atoms with Gasteiger partial charge in [0.1, 0.15) is 5.75 Å². The molecule has 0 saturated heterocycles. The van der Waals surface area contributed by atoms with Gasteiger partial charge in [-0.15, -0.1) is 0 Å². The number of aromatic nitrogens is 1. The van der Waals surface area contributed by atoms with E-state index in [4.69, 9.17) is 4.43 Å². The first kappa shape index (κ1) is 21.6. The predicted octanol–water partition coefficient (Wildman–Crippen LogP) is 7.39. The third-order valence-electron chi connectivity index (χ3n) is 6.91. The summed E-state index contributed by atoms with van der Waals surface area (Å²) in [7, 11) is -1.97. The number of carbonyl (C=O) groups excluding carboxylic acids is 1. The van der Waals surface area contributed by atoms with Crippen LogP contribution in [-0.2, 0) is 11.2 Å². The van der Waals surface area contributed by atoms with Crippen molar-refractivity contribution in [2.24, 2.45) is 0 Å². The van der Waals surface area contributed by atoms with E-state index < -0.39 is 8.32 Å². The fourth-order valence-corrected chi connectivity index (χ4v) is 10.8. The number of aromatic amines is 1. The van der Waals surface area contributed by atoms with E-state index in [2.05, 4.69) is 82.9 Å². The highest BCUT2D eigenvalue weighted by atomic mass is 28.4. The van der Waals surface area contributed by atoms with Gasteiger partial charge in [-0.3, -0.25) is 4.79 Å². The Kier molecular flexibility index (Phi) is 5.69. The summed E-state index contributed by atoms with van der Waals surface area (Å²) in [6.07, 6.45) is 2.48. The number of hydrogen-bond acceptors (Lipinski definition) is 2. The molecule has 0 spiro atoms. The van der Waals surface area contributed by atoms with Crippen molar-refractivity contribution in [1.29, 1.82) is 0 Å². The van der Waals surface area contributed by atoms with Crippen molar-refractivity contribution in [2.45, 2.75) is 64.6 Å². The molecule has 0 radical (unpaired) electrons. The molecule has 3 nitrogen and oxygen atoms in total. The lowest BCUT2D eigenvalue weighted by molar-refractivity contribution is -0.112. The molecule has 0 saturated carbocycles. The molecule has 4 heteroatoms. The van der Waals surface area contributed by atoms with E-state index >= 15 is 0 Å². The van der Waals surface area contributed by atoms with Crippen LogP contribution in [0, 0.1) is 0 Å². The Balaban J connectivity index is 1.64. The Morgan fingerprint density at radius 2 is 1.52 bits per heavy atom. The molecule has 1 aliphatic rings. The van der Waals surface area contributed by atoms with E-state index in [1.54, 1.807) is 0 Å². The SMILES string of the molecule is CC(C)[Si](Oc1ccc(/C=C2/C(=O)Cc3c2[nH]c2ccccc32)cc1)(C(C)C)C(C)C. The first-order valence-corrected chi connectivity index (χ1v) is 13.5. The number of Topliss-reactive ketones (excluding diaryl/α,β-unsaturated/α-hetero) is 1. The molecule has 0 unspecified atom stereocenters. The van der Waals surface area contributed by atoms with Crippen LogP contribution >= 0.6 is 0 Å². The summed E-state index contributed by atoms with van der Waals surface area (Å²) in [5.41, 5.74) is 6.57. The van der Waals surface area contributed by atoms with Crippen molar-refractivity contribution in [3.05, 3.63) is 65.4 Å². The van der Waals surface area contributed by atoms with Crippen molar-refractivity contribution in [3.8, 4) is 5.75 Å². The minimum atomic E-state index is -1.97. The number of carbonyl (C=O) groups is 1. The Morgan fingerprint density at radius 3 is 2.13 bits per heavy atom. The molecular formula is C27H33NO2Si. The van der Waals surface area contributed by atoms with Gasteiger partial charge in [-0.05, 0) is 52.0 Å². The number of ketones is 1. The standard InChI is InChI=1S/C27H33NO2Si/c1-17(2)31(18(3)4,19(5)6)30-21-13-11-20(12-14-21)15-24-26(29)16-23-22-9-7-8-10-25(22)28-27(23)24/h7-15,17-19,28H,16H2,1-6H3/b24-15-. The minimum absolute atomic E-state index is 0.179. The highest BCUT2D eigenvalue weighted by molar-refractivity contribution is 6.78. The summed E-state index contributed by atoms with van der Waals surface area (Å²) in [6.45, 7) is 13.8. The summed E-state index contributed by atoms with van der Waals surface area (Å²) < 4.78 is 6.77. The number of rotatable bonds is 6. The highest BCUT2D eigenvalue weighted by Crippen LogP contribution is 2.43. The second kappa shape index (κ2) is 8.16. The molecule has 1 N–H and O–H groups in total. The van der Waals surface area contributed by atoms with E-state index in [1.165, 1.54) is 0 Å². The highest BCUT2D eigenvalue weighted by Gasteiger charge is 2.46. The maximum Gasteiger partial charge on any atom is 0.258 e. The molecule has 1 aliphatic carbocycles.